The third kappa shape index (κ3) is 3.47. The van der Waals surface area contributed by atoms with Crippen molar-refractivity contribution in [1.82, 2.24) is 4.98 Å². The van der Waals surface area contributed by atoms with Crippen molar-refractivity contribution in [2.75, 3.05) is 7.11 Å². The number of halogens is 1. The van der Waals surface area contributed by atoms with Crippen molar-refractivity contribution >= 4 is 34.7 Å². The van der Waals surface area contributed by atoms with E-state index in [1.54, 1.807) is 7.11 Å². The summed E-state index contributed by atoms with van der Waals surface area (Å²) in [5, 5.41) is 2.38. The number of thioether (sulfide) groups is 1. The smallest absolute Gasteiger partial charge is 0.305 e. The van der Waals surface area contributed by atoms with Gasteiger partial charge in [0.15, 0.2) is 11.5 Å². The predicted molar refractivity (Wildman–Crippen MR) is 130 cm³/mol. The van der Waals surface area contributed by atoms with E-state index in [4.69, 9.17) is 21.1 Å². The molecule has 5 unspecified atom stereocenters. The van der Waals surface area contributed by atoms with Crippen LogP contribution >= 0.6 is 34.7 Å². The molecular formula is C25H24ClNO3S2. The van der Waals surface area contributed by atoms with E-state index in [0.29, 0.717) is 28.5 Å². The number of hydrogen-bond donors (Lipinski definition) is 1. The average Bonchev–Trinajstić information content (AvgIpc) is 3.50. The Balaban J connectivity index is 1.34. The fraction of sp³-hybridized carbons (Fsp3) is 0.400. The van der Waals surface area contributed by atoms with Gasteiger partial charge < -0.3 is 14.5 Å². The Bertz CT molecular complexity index is 1220. The van der Waals surface area contributed by atoms with Crippen LogP contribution in [0.5, 0.6) is 11.5 Å². The van der Waals surface area contributed by atoms with Crippen LogP contribution < -0.4 is 14.3 Å². The molecule has 4 nitrogen and oxygen atoms in total. The molecule has 1 aliphatic heterocycles. The second-order valence-electron chi connectivity index (χ2n) is 9.01. The number of nitrogens with one attached hydrogen (secondary N) is 1. The molecule has 0 spiro atoms. The highest BCUT2D eigenvalue weighted by atomic mass is 35.5. The lowest BCUT2D eigenvalue weighted by Gasteiger charge is -2.40. The number of aromatic nitrogens is 1. The Morgan fingerprint density at radius 3 is 2.84 bits per heavy atom. The summed E-state index contributed by atoms with van der Waals surface area (Å²) in [6, 6.07) is 14.0. The monoisotopic (exact) mass is 485 g/mol. The molecule has 7 heteroatoms. The molecule has 2 aromatic carbocycles. The van der Waals surface area contributed by atoms with E-state index in [2.05, 4.69) is 17.1 Å². The quantitative estimate of drug-likeness (QED) is 0.458. The van der Waals surface area contributed by atoms with Gasteiger partial charge in [0.2, 0.25) is 0 Å². The molecule has 2 fully saturated rings. The standard InChI is InChI=1S/C25H24ClNO3S2/c1-29-19-11-15(7-8-18(19)30-12-13-3-2-4-17(26)9-13)21-20-14-5-6-16(10-14)22(20)31-24-23(21)32-25(28)27-24/h2-4,7-9,11,14,16,20-22H,5-6,10,12H2,1H3,(H,27,28). The van der Waals surface area contributed by atoms with Crippen LogP contribution in [-0.2, 0) is 6.61 Å². The molecule has 166 valence electrons. The lowest BCUT2D eigenvalue weighted by molar-refractivity contribution is 0.282. The summed E-state index contributed by atoms with van der Waals surface area (Å²) in [6.45, 7) is 0.425. The topological polar surface area (TPSA) is 51.3 Å². The number of H-pyrrole nitrogens is 1. The van der Waals surface area contributed by atoms with Crippen molar-refractivity contribution in [2.24, 2.45) is 17.8 Å². The molecule has 6 rings (SSSR count). The second kappa shape index (κ2) is 8.15. The summed E-state index contributed by atoms with van der Waals surface area (Å²) in [5.74, 6) is 3.79. The lowest BCUT2D eigenvalue weighted by Crippen LogP contribution is -2.33. The van der Waals surface area contributed by atoms with E-state index in [9.17, 15) is 4.79 Å². The van der Waals surface area contributed by atoms with Gasteiger partial charge in [-0.2, -0.15) is 0 Å². The molecule has 2 aliphatic carbocycles. The molecule has 2 saturated carbocycles. The first-order valence-corrected chi connectivity index (χ1v) is 13.1. The van der Waals surface area contributed by atoms with E-state index >= 15 is 0 Å². The summed E-state index contributed by atoms with van der Waals surface area (Å²) in [4.78, 5) is 16.6. The Morgan fingerprint density at radius 2 is 2.00 bits per heavy atom. The third-order valence-corrected chi connectivity index (χ3v) is 10.2. The zero-order valence-corrected chi connectivity index (χ0v) is 20.1. The number of rotatable bonds is 5. The van der Waals surface area contributed by atoms with Gasteiger partial charge in [0, 0.05) is 21.1 Å². The van der Waals surface area contributed by atoms with Gasteiger partial charge >= 0.3 is 4.87 Å². The van der Waals surface area contributed by atoms with Gasteiger partial charge in [-0.25, -0.2) is 0 Å². The van der Waals surface area contributed by atoms with Crippen LogP contribution in [-0.4, -0.2) is 17.3 Å². The molecule has 3 aliphatic rings. The van der Waals surface area contributed by atoms with E-state index in [-0.39, 0.29) is 10.8 Å². The highest BCUT2D eigenvalue weighted by Gasteiger charge is 2.54. The van der Waals surface area contributed by atoms with Crippen molar-refractivity contribution in [3.8, 4) is 11.5 Å². The predicted octanol–water partition coefficient (Wildman–Crippen LogP) is 6.33. The molecule has 32 heavy (non-hydrogen) atoms. The molecule has 0 saturated heterocycles. The maximum atomic E-state index is 12.2. The lowest BCUT2D eigenvalue weighted by atomic mass is 9.75. The maximum Gasteiger partial charge on any atom is 0.305 e. The normalized spacial score (nSPS) is 27.8. The van der Waals surface area contributed by atoms with Crippen LogP contribution in [0.3, 0.4) is 0 Å². The minimum absolute atomic E-state index is 0.0493. The van der Waals surface area contributed by atoms with Gasteiger partial charge in [0.1, 0.15) is 6.61 Å². The largest absolute Gasteiger partial charge is 0.493 e. The number of hydrogen-bond acceptors (Lipinski definition) is 5. The Kier molecular flexibility index (Phi) is 5.27. The molecule has 2 heterocycles. The van der Waals surface area contributed by atoms with Gasteiger partial charge in [-0.1, -0.05) is 41.1 Å². The van der Waals surface area contributed by atoms with E-state index < -0.39 is 0 Å². The van der Waals surface area contributed by atoms with Gasteiger partial charge in [0.25, 0.3) is 0 Å². The van der Waals surface area contributed by atoms with Crippen LogP contribution in [0.1, 0.15) is 41.2 Å². The van der Waals surface area contributed by atoms with Crippen LogP contribution in [0.25, 0.3) is 0 Å². The first kappa shape index (κ1) is 20.7. The Morgan fingerprint density at radius 1 is 1.12 bits per heavy atom. The van der Waals surface area contributed by atoms with Gasteiger partial charge in [-0.15, -0.1) is 11.8 Å². The highest BCUT2D eigenvalue weighted by molar-refractivity contribution is 8.00. The number of aromatic amines is 1. The first-order valence-electron chi connectivity index (χ1n) is 11.1. The third-order valence-electron chi connectivity index (χ3n) is 7.30. The Hall–Kier alpha value is -1.89. The van der Waals surface area contributed by atoms with Crippen molar-refractivity contribution in [1.29, 1.82) is 0 Å². The van der Waals surface area contributed by atoms with Crippen molar-refractivity contribution < 1.29 is 9.47 Å². The van der Waals surface area contributed by atoms with E-state index in [0.717, 1.165) is 28.2 Å². The molecule has 1 N–H and O–H groups in total. The number of ether oxygens (including phenoxy) is 2. The zero-order chi connectivity index (χ0) is 21.8. The zero-order valence-electron chi connectivity index (χ0n) is 17.7. The molecule has 1 aromatic heterocycles. The fourth-order valence-corrected chi connectivity index (χ4v) is 9.11. The van der Waals surface area contributed by atoms with Gasteiger partial charge in [-0.3, -0.25) is 4.79 Å². The highest BCUT2D eigenvalue weighted by Crippen LogP contribution is 2.63. The second-order valence-corrected chi connectivity index (χ2v) is 11.6. The number of benzene rings is 2. The molecule has 0 radical (unpaired) electrons. The van der Waals surface area contributed by atoms with Crippen LogP contribution in [0.2, 0.25) is 5.02 Å². The molecule has 5 atom stereocenters. The van der Waals surface area contributed by atoms with Crippen LogP contribution in [0.4, 0.5) is 0 Å². The minimum atomic E-state index is 0.0493. The summed E-state index contributed by atoms with van der Waals surface area (Å²) >= 11 is 9.40. The van der Waals surface area contributed by atoms with Gasteiger partial charge in [-0.05, 0) is 72.4 Å². The first-order chi connectivity index (χ1) is 15.6. The number of thiazole rings is 1. The molecule has 3 aromatic rings. The molecular weight excluding hydrogens is 462 g/mol. The molecule has 2 bridgehead atoms. The summed E-state index contributed by atoms with van der Waals surface area (Å²) < 4.78 is 11.8. The van der Waals surface area contributed by atoms with Crippen LogP contribution in [0, 0.1) is 17.8 Å². The summed E-state index contributed by atoms with van der Waals surface area (Å²) in [6.07, 6.45) is 3.97. The van der Waals surface area contributed by atoms with Gasteiger partial charge in [0.05, 0.1) is 12.1 Å². The number of fused-ring (bicyclic) bond motifs is 6. The van der Waals surface area contributed by atoms with E-state index in [1.807, 2.05) is 42.1 Å². The van der Waals surface area contributed by atoms with Crippen molar-refractivity contribution in [3.63, 3.8) is 0 Å². The average molecular weight is 486 g/mol. The SMILES string of the molecule is COc1cc(C2c3sc(=O)[nH]c3SC3C4CCC(C4)C23)ccc1OCc1cccc(Cl)c1. The van der Waals surface area contributed by atoms with Crippen LogP contribution in [0.15, 0.2) is 52.3 Å². The summed E-state index contributed by atoms with van der Waals surface area (Å²) in [7, 11) is 1.68. The van der Waals surface area contributed by atoms with Crippen molar-refractivity contribution in [3.05, 3.63) is 73.2 Å². The van der Waals surface area contributed by atoms with E-state index in [1.165, 1.54) is 41.0 Å². The fourth-order valence-electron chi connectivity index (χ4n) is 6.01. The minimum Gasteiger partial charge on any atom is -0.493 e. The maximum absolute atomic E-state index is 12.2. The van der Waals surface area contributed by atoms with Crippen molar-refractivity contribution in [2.45, 2.75) is 42.1 Å². The number of methoxy groups -OCH3 is 1. The Labute approximate surface area is 200 Å². The molecule has 0 amide bonds. The summed E-state index contributed by atoms with van der Waals surface area (Å²) in [5.41, 5.74) is 2.23.